The van der Waals surface area contributed by atoms with Crippen LogP contribution < -0.4 is 0 Å². The van der Waals surface area contributed by atoms with Gasteiger partial charge >= 0.3 is 0 Å². The minimum atomic E-state index is -1.13. The molecule has 1 aromatic rings. The van der Waals surface area contributed by atoms with Crippen LogP contribution in [0.15, 0.2) is 12.4 Å². The molecule has 0 bridgehead atoms. The van der Waals surface area contributed by atoms with Crippen LogP contribution in [-0.4, -0.2) is 55.9 Å². The Morgan fingerprint density at radius 1 is 1.38 bits per heavy atom. The van der Waals surface area contributed by atoms with Crippen LogP contribution in [-0.2, 0) is 4.79 Å². The largest absolute Gasteiger partial charge is 0.380 e. The zero-order valence-corrected chi connectivity index (χ0v) is 13.4. The standard InChI is InChI=1S/C14H20ClN3O2S/c15-11-9-16-18(10-11)12-1-5-17(6-2-12)13(19)14(20)3-7-21-8-4-14/h9-10,12,20H,1-8H2. The fraction of sp³-hybridized carbons (Fsp3) is 0.714. The summed E-state index contributed by atoms with van der Waals surface area (Å²) >= 11 is 7.70. The van der Waals surface area contributed by atoms with E-state index in [1.165, 1.54) is 0 Å². The average molecular weight is 330 g/mol. The van der Waals surface area contributed by atoms with E-state index in [-0.39, 0.29) is 11.9 Å². The van der Waals surface area contributed by atoms with Crippen molar-refractivity contribution in [3.05, 3.63) is 17.4 Å². The van der Waals surface area contributed by atoms with Gasteiger partial charge in [0.1, 0.15) is 5.60 Å². The van der Waals surface area contributed by atoms with Crippen LogP contribution in [0.4, 0.5) is 0 Å². The van der Waals surface area contributed by atoms with E-state index < -0.39 is 5.60 Å². The highest BCUT2D eigenvalue weighted by Gasteiger charge is 2.41. The lowest BCUT2D eigenvalue weighted by Gasteiger charge is -2.39. The van der Waals surface area contributed by atoms with Crippen molar-refractivity contribution in [1.82, 2.24) is 14.7 Å². The molecule has 0 aromatic carbocycles. The quantitative estimate of drug-likeness (QED) is 0.901. The summed E-state index contributed by atoms with van der Waals surface area (Å²) in [7, 11) is 0. The monoisotopic (exact) mass is 329 g/mol. The molecule has 0 saturated carbocycles. The number of nitrogens with zero attached hydrogens (tertiary/aromatic N) is 3. The van der Waals surface area contributed by atoms with Gasteiger partial charge in [0.2, 0.25) is 0 Å². The van der Waals surface area contributed by atoms with Crippen LogP contribution in [0.1, 0.15) is 31.7 Å². The Hall–Kier alpha value is -0.720. The molecule has 0 aliphatic carbocycles. The minimum Gasteiger partial charge on any atom is -0.380 e. The highest BCUT2D eigenvalue weighted by molar-refractivity contribution is 7.99. The zero-order chi connectivity index (χ0) is 14.9. The number of hydrogen-bond donors (Lipinski definition) is 1. The van der Waals surface area contributed by atoms with Gasteiger partial charge in [-0.2, -0.15) is 16.9 Å². The van der Waals surface area contributed by atoms with Gasteiger partial charge in [0, 0.05) is 19.3 Å². The number of aromatic nitrogens is 2. The maximum atomic E-state index is 12.5. The Morgan fingerprint density at radius 2 is 2.05 bits per heavy atom. The first-order valence-electron chi connectivity index (χ1n) is 7.38. The zero-order valence-electron chi connectivity index (χ0n) is 11.9. The van der Waals surface area contributed by atoms with Crippen LogP contribution in [0.5, 0.6) is 0 Å². The normalized spacial score (nSPS) is 23.2. The number of likely N-dealkylation sites (tertiary alicyclic amines) is 1. The van der Waals surface area contributed by atoms with Crippen LogP contribution >= 0.6 is 23.4 Å². The molecule has 2 fully saturated rings. The number of aliphatic hydroxyl groups is 1. The SMILES string of the molecule is O=C(N1CCC(n2cc(Cl)cn2)CC1)C1(O)CCSCC1. The molecule has 2 aliphatic rings. The van der Waals surface area contributed by atoms with Crippen molar-refractivity contribution in [2.75, 3.05) is 24.6 Å². The number of thioether (sulfide) groups is 1. The molecule has 0 atom stereocenters. The van der Waals surface area contributed by atoms with Crippen molar-refractivity contribution in [2.45, 2.75) is 37.3 Å². The Morgan fingerprint density at radius 3 is 2.62 bits per heavy atom. The van der Waals surface area contributed by atoms with E-state index in [0.29, 0.717) is 31.0 Å². The topological polar surface area (TPSA) is 58.4 Å². The molecule has 2 saturated heterocycles. The molecule has 1 aromatic heterocycles. The Bertz CT molecular complexity index is 508. The molecule has 3 heterocycles. The van der Waals surface area contributed by atoms with Crippen molar-refractivity contribution < 1.29 is 9.90 Å². The van der Waals surface area contributed by atoms with E-state index in [1.54, 1.807) is 18.0 Å². The number of carbonyl (C=O) groups is 1. The van der Waals surface area contributed by atoms with E-state index in [4.69, 9.17) is 11.6 Å². The Kier molecular flexibility index (Phi) is 4.47. The molecule has 116 valence electrons. The lowest BCUT2D eigenvalue weighted by molar-refractivity contribution is -0.153. The highest BCUT2D eigenvalue weighted by atomic mass is 35.5. The molecule has 0 spiro atoms. The summed E-state index contributed by atoms with van der Waals surface area (Å²) in [5.41, 5.74) is -1.13. The summed E-state index contributed by atoms with van der Waals surface area (Å²) in [6, 6.07) is 0.290. The number of piperidine rings is 1. The molecule has 0 radical (unpaired) electrons. The second-order valence-corrected chi connectivity index (χ2v) is 7.47. The smallest absolute Gasteiger partial charge is 0.254 e. The maximum Gasteiger partial charge on any atom is 0.254 e. The molecule has 1 amide bonds. The van der Waals surface area contributed by atoms with Crippen LogP contribution in [0, 0.1) is 0 Å². The summed E-state index contributed by atoms with van der Waals surface area (Å²) in [5.74, 6) is 1.65. The number of hydrogen-bond acceptors (Lipinski definition) is 4. The van der Waals surface area contributed by atoms with Crippen LogP contribution in [0.25, 0.3) is 0 Å². The molecule has 0 unspecified atom stereocenters. The van der Waals surface area contributed by atoms with Gasteiger partial charge in [-0.05, 0) is 37.2 Å². The lowest BCUT2D eigenvalue weighted by Crippen LogP contribution is -2.53. The van der Waals surface area contributed by atoms with Gasteiger partial charge in [-0.1, -0.05) is 11.6 Å². The summed E-state index contributed by atoms with van der Waals surface area (Å²) in [6.45, 7) is 1.35. The van der Waals surface area contributed by atoms with E-state index in [9.17, 15) is 9.90 Å². The maximum absolute atomic E-state index is 12.5. The predicted octanol–water partition coefficient (Wildman–Crippen LogP) is 1.96. The second kappa shape index (κ2) is 6.18. The predicted molar refractivity (Wildman–Crippen MR) is 83.6 cm³/mol. The molecule has 21 heavy (non-hydrogen) atoms. The summed E-state index contributed by atoms with van der Waals surface area (Å²) in [4.78, 5) is 14.4. The molecular weight excluding hydrogens is 310 g/mol. The van der Waals surface area contributed by atoms with Gasteiger partial charge in [-0.3, -0.25) is 9.48 Å². The summed E-state index contributed by atoms with van der Waals surface area (Å²) in [6.07, 6.45) is 6.33. The summed E-state index contributed by atoms with van der Waals surface area (Å²) < 4.78 is 1.89. The van der Waals surface area contributed by atoms with E-state index in [1.807, 2.05) is 15.8 Å². The second-order valence-electron chi connectivity index (χ2n) is 5.81. The highest BCUT2D eigenvalue weighted by Crippen LogP contribution is 2.31. The van der Waals surface area contributed by atoms with Gasteiger partial charge in [-0.25, -0.2) is 0 Å². The van der Waals surface area contributed by atoms with Gasteiger partial charge in [-0.15, -0.1) is 0 Å². The lowest BCUT2D eigenvalue weighted by atomic mass is 9.93. The van der Waals surface area contributed by atoms with E-state index >= 15 is 0 Å². The minimum absolute atomic E-state index is 0.0836. The van der Waals surface area contributed by atoms with Crippen LogP contribution in [0.3, 0.4) is 0 Å². The number of rotatable bonds is 2. The van der Waals surface area contributed by atoms with E-state index in [0.717, 1.165) is 24.3 Å². The molecule has 3 rings (SSSR count). The third kappa shape index (κ3) is 3.22. The third-order valence-corrected chi connectivity index (χ3v) is 5.59. The van der Waals surface area contributed by atoms with Crippen molar-refractivity contribution >= 4 is 29.3 Å². The molecular formula is C14H20ClN3O2S. The van der Waals surface area contributed by atoms with Crippen molar-refractivity contribution in [1.29, 1.82) is 0 Å². The average Bonchev–Trinajstić information content (AvgIpc) is 2.94. The number of amides is 1. The van der Waals surface area contributed by atoms with Crippen molar-refractivity contribution in [3.8, 4) is 0 Å². The van der Waals surface area contributed by atoms with Crippen molar-refractivity contribution in [3.63, 3.8) is 0 Å². The Labute approximate surface area is 133 Å². The Balaban J connectivity index is 1.59. The molecule has 2 aliphatic heterocycles. The first-order chi connectivity index (χ1) is 10.1. The van der Waals surface area contributed by atoms with Gasteiger partial charge < -0.3 is 10.0 Å². The van der Waals surface area contributed by atoms with Gasteiger partial charge in [0.15, 0.2) is 0 Å². The molecule has 5 nitrogen and oxygen atoms in total. The first-order valence-corrected chi connectivity index (χ1v) is 8.91. The van der Waals surface area contributed by atoms with Gasteiger partial charge in [0.05, 0.1) is 17.3 Å². The van der Waals surface area contributed by atoms with Crippen molar-refractivity contribution in [2.24, 2.45) is 0 Å². The first kappa shape index (κ1) is 15.2. The third-order valence-electron chi connectivity index (χ3n) is 4.41. The van der Waals surface area contributed by atoms with E-state index in [2.05, 4.69) is 5.10 Å². The number of carbonyl (C=O) groups excluding carboxylic acids is 1. The summed E-state index contributed by atoms with van der Waals surface area (Å²) in [5, 5.41) is 15.4. The van der Waals surface area contributed by atoms with Gasteiger partial charge in [0.25, 0.3) is 5.91 Å². The number of halogens is 1. The molecule has 7 heteroatoms. The fourth-order valence-electron chi connectivity index (χ4n) is 3.07. The fourth-order valence-corrected chi connectivity index (χ4v) is 4.38. The van der Waals surface area contributed by atoms with Crippen LogP contribution in [0.2, 0.25) is 5.02 Å². The molecule has 1 N–H and O–H groups in total.